The van der Waals surface area contributed by atoms with E-state index < -0.39 is 0 Å². The van der Waals surface area contributed by atoms with E-state index in [0.717, 1.165) is 22.4 Å². The summed E-state index contributed by atoms with van der Waals surface area (Å²) >= 11 is 4.84. The molecule has 1 aromatic carbocycles. The van der Waals surface area contributed by atoms with Crippen LogP contribution in [0.25, 0.3) is 0 Å². The first-order valence-corrected chi connectivity index (χ1v) is 10.6. The summed E-state index contributed by atoms with van der Waals surface area (Å²) in [5, 5.41) is 37.0. The van der Waals surface area contributed by atoms with Gasteiger partial charge < -0.3 is 20.4 Å². The van der Waals surface area contributed by atoms with Crippen LogP contribution < -0.4 is 0 Å². The van der Waals surface area contributed by atoms with Crippen LogP contribution in [0.4, 0.5) is 0 Å². The second kappa shape index (κ2) is 12.4. The van der Waals surface area contributed by atoms with Gasteiger partial charge in [0.1, 0.15) is 5.75 Å². The molecule has 0 amide bonds. The van der Waals surface area contributed by atoms with Gasteiger partial charge in [0.2, 0.25) is 0 Å². The van der Waals surface area contributed by atoms with Crippen molar-refractivity contribution in [3.8, 4) is 5.75 Å². The summed E-state index contributed by atoms with van der Waals surface area (Å²) in [5.41, 5.74) is 2.91. The van der Waals surface area contributed by atoms with Gasteiger partial charge in [-0.15, -0.1) is 0 Å². The Balaban J connectivity index is 2.81. The normalized spacial score (nSPS) is 11.0. The van der Waals surface area contributed by atoms with Gasteiger partial charge in [-0.25, -0.2) is 0 Å². The van der Waals surface area contributed by atoms with Gasteiger partial charge in [-0.05, 0) is 5.56 Å². The molecule has 0 atom stereocenters. The zero-order valence-corrected chi connectivity index (χ0v) is 15.0. The van der Waals surface area contributed by atoms with Crippen LogP contribution in [0, 0.1) is 0 Å². The predicted molar refractivity (Wildman–Crippen MR) is 97.9 cm³/mol. The van der Waals surface area contributed by atoms with Crippen molar-refractivity contribution in [1.82, 2.24) is 0 Å². The number of phenolic OH excluding ortho intramolecular Hbond substituents is 1. The molecule has 0 saturated heterocycles. The molecular weight excluding hydrogens is 340 g/mol. The minimum Gasteiger partial charge on any atom is -0.507 e. The van der Waals surface area contributed by atoms with Crippen LogP contribution in [0.5, 0.6) is 5.75 Å². The van der Waals surface area contributed by atoms with Crippen LogP contribution in [0.15, 0.2) is 12.1 Å². The lowest BCUT2D eigenvalue weighted by Gasteiger charge is -2.13. The molecule has 0 unspecified atom stereocenters. The minimum atomic E-state index is 0.136. The fourth-order valence-electron chi connectivity index (χ4n) is 1.88. The number of rotatable bonds is 12. The average Bonchev–Trinajstić information content (AvgIpc) is 2.52. The number of thioether (sulfide) groups is 3. The maximum Gasteiger partial charge on any atom is 0.123 e. The van der Waals surface area contributed by atoms with Crippen molar-refractivity contribution >= 4 is 35.3 Å². The van der Waals surface area contributed by atoms with Crippen LogP contribution in [0.2, 0.25) is 0 Å². The van der Waals surface area contributed by atoms with E-state index in [4.69, 9.17) is 15.3 Å². The highest BCUT2D eigenvalue weighted by Gasteiger charge is 2.11. The van der Waals surface area contributed by atoms with Gasteiger partial charge in [0.25, 0.3) is 0 Å². The van der Waals surface area contributed by atoms with E-state index in [2.05, 4.69) is 0 Å². The Labute approximate surface area is 144 Å². The molecule has 22 heavy (non-hydrogen) atoms. The molecular formula is C15H24O4S3. The second-order valence-electron chi connectivity index (χ2n) is 4.59. The van der Waals surface area contributed by atoms with Crippen LogP contribution in [-0.2, 0) is 17.3 Å². The maximum absolute atomic E-state index is 10.4. The Morgan fingerprint density at radius 1 is 0.682 bits per heavy atom. The first-order valence-electron chi connectivity index (χ1n) is 7.12. The molecule has 1 rings (SSSR count). The smallest absolute Gasteiger partial charge is 0.123 e. The SMILES string of the molecule is OCCSCc1cc(CSCCO)c(O)c(CSCCO)c1. The highest BCUT2D eigenvalue weighted by Crippen LogP contribution is 2.32. The van der Waals surface area contributed by atoms with Crippen molar-refractivity contribution in [2.75, 3.05) is 37.1 Å². The Morgan fingerprint density at radius 3 is 1.50 bits per heavy atom. The highest BCUT2D eigenvalue weighted by molar-refractivity contribution is 7.99. The van der Waals surface area contributed by atoms with Crippen molar-refractivity contribution in [2.45, 2.75) is 17.3 Å². The third kappa shape index (κ3) is 7.48. The summed E-state index contributed by atoms with van der Waals surface area (Å²) in [6.07, 6.45) is 0. The quantitative estimate of drug-likeness (QED) is 0.423. The van der Waals surface area contributed by atoms with E-state index in [1.807, 2.05) is 12.1 Å². The van der Waals surface area contributed by atoms with Crippen molar-refractivity contribution in [2.24, 2.45) is 0 Å². The molecule has 0 radical (unpaired) electrons. The van der Waals surface area contributed by atoms with E-state index >= 15 is 0 Å². The Hall–Kier alpha value is -0.0500. The number of benzene rings is 1. The van der Waals surface area contributed by atoms with Crippen LogP contribution >= 0.6 is 35.3 Å². The fourth-order valence-corrected chi connectivity index (χ4v) is 3.99. The molecule has 7 heteroatoms. The summed E-state index contributed by atoms with van der Waals surface area (Å²) in [5.74, 6) is 4.47. The first-order chi connectivity index (χ1) is 10.7. The van der Waals surface area contributed by atoms with E-state index in [1.54, 1.807) is 35.3 Å². The molecule has 0 aliphatic heterocycles. The summed E-state index contributed by atoms with van der Waals surface area (Å²) in [6.45, 7) is 0.439. The molecule has 0 spiro atoms. The molecule has 4 nitrogen and oxygen atoms in total. The summed E-state index contributed by atoms with van der Waals surface area (Å²) in [7, 11) is 0. The minimum absolute atomic E-state index is 0.136. The molecule has 126 valence electrons. The lowest BCUT2D eigenvalue weighted by atomic mass is 10.1. The Morgan fingerprint density at radius 2 is 1.09 bits per heavy atom. The Bertz CT molecular complexity index is 398. The molecule has 0 heterocycles. The van der Waals surface area contributed by atoms with Crippen molar-refractivity contribution in [3.63, 3.8) is 0 Å². The second-order valence-corrected chi connectivity index (χ2v) is 7.91. The van der Waals surface area contributed by atoms with Crippen molar-refractivity contribution in [1.29, 1.82) is 0 Å². The van der Waals surface area contributed by atoms with E-state index in [-0.39, 0.29) is 19.8 Å². The first kappa shape index (κ1) is 20.0. The van der Waals surface area contributed by atoms with Gasteiger partial charge in [-0.2, -0.15) is 35.3 Å². The van der Waals surface area contributed by atoms with Gasteiger partial charge >= 0.3 is 0 Å². The fraction of sp³-hybridized carbons (Fsp3) is 0.600. The zero-order valence-electron chi connectivity index (χ0n) is 12.5. The molecule has 0 aliphatic carbocycles. The Kier molecular flexibility index (Phi) is 11.3. The summed E-state index contributed by atoms with van der Waals surface area (Å²) < 4.78 is 0. The number of hydrogen-bond donors (Lipinski definition) is 4. The predicted octanol–water partition coefficient (Wildman–Crippen LogP) is 2.07. The number of hydrogen-bond acceptors (Lipinski definition) is 7. The number of aliphatic hydroxyl groups excluding tert-OH is 3. The van der Waals surface area contributed by atoms with Crippen LogP contribution in [-0.4, -0.2) is 57.5 Å². The lowest BCUT2D eigenvalue weighted by molar-refractivity contribution is 0.322. The van der Waals surface area contributed by atoms with Gasteiger partial charge in [0, 0.05) is 45.6 Å². The monoisotopic (exact) mass is 364 g/mol. The number of phenols is 1. The van der Waals surface area contributed by atoms with E-state index in [1.165, 1.54) is 0 Å². The number of aliphatic hydroxyl groups is 3. The number of aromatic hydroxyl groups is 1. The molecule has 1 aromatic rings. The van der Waals surface area contributed by atoms with Gasteiger partial charge in [0.15, 0.2) is 0 Å². The van der Waals surface area contributed by atoms with Gasteiger partial charge in [-0.1, -0.05) is 12.1 Å². The maximum atomic E-state index is 10.4. The molecule has 0 aliphatic rings. The highest BCUT2D eigenvalue weighted by atomic mass is 32.2. The average molecular weight is 365 g/mol. The zero-order chi connectivity index (χ0) is 16.2. The molecule has 0 aromatic heterocycles. The van der Waals surface area contributed by atoms with Crippen LogP contribution in [0.1, 0.15) is 16.7 Å². The summed E-state index contributed by atoms with van der Waals surface area (Å²) in [6, 6.07) is 4.01. The lowest BCUT2D eigenvalue weighted by Crippen LogP contribution is -1.96. The molecule has 0 bridgehead atoms. The van der Waals surface area contributed by atoms with Gasteiger partial charge in [0.05, 0.1) is 19.8 Å². The van der Waals surface area contributed by atoms with Gasteiger partial charge in [-0.3, -0.25) is 0 Å². The molecule has 0 fully saturated rings. The largest absolute Gasteiger partial charge is 0.507 e. The molecule has 4 N–H and O–H groups in total. The third-order valence-electron chi connectivity index (χ3n) is 2.82. The molecule has 0 saturated carbocycles. The van der Waals surface area contributed by atoms with Crippen molar-refractivity contribution in [3.05, 3.63) is 28.8 Å². The third-order valence-corrected chi connectivity index (χ3v) is 5.80. The van der Waals surface area contributed by atoms with Crippen LogP contribution in [0.3, 0.4) is 0 Å². The van der Waals surface area contributed by atoms with Crippen molar-refractivity contribution < 1.29 is 20.4 Å². The standard InChI is InChI=1S/C15H24O4S3/c16-1-4-20-9-12-7-13(10-21-5-2-17)15(19)14(8-12)11-22-6-3-18/h7-8,16-19H,1-6,9-11H2. The topological polar surface area (TPSA) is 80.9 Å². The van der Waals surface area contributed by atoms with E-state index in [0.29, 0.717) is 34.5 Å². The van der Waals surface area contributed by atoms with E-state index in [9.17, 15) is 5.11 Å². The summed E-state index contributed by atoms with van der Waals surface area (Å²) in [4.78, 5) is 0.